The number of amides is 1. The van der Waals surface area contributed by atoms with E-state index in [-0.39, 0.29) is 23.5 Å². The molecule has 1 N–H and O–H groups in total. The maximum Gasteiger partial charge on any atom is 0.261 e. The molecule has 39 heavy (non-hydrogen) atoms. The van der Waals surface area contributed by atoms with Crippen LogP contribution in [0.4, 0.5) is 5.69 Å². The van der Waals surface area contributed by atoms with Crippen molar-refractivity contribution in [1.82, 2.24) is 4.72 Å². The fraction of sp³-hybridized carbons (Fsp3) is 0.581. The van der Waals surface area contributed by atoms with E-state index in [9.17, 15) is 4.79 Å². The maximum atomic E-state index is 13.1. The Hall–Kier alpha value is -1.93. The molecule has 0 aromatic heterocycles. The van der Waals surface area contributed by atoms with E-state index in [0.29, 0.717) is 30.6 Å². The number of benzene rings is 2. The minimum atomic E-state index is -0.115. The van der Waals surface area contributed by atoms with Gasteiger partial charge in [-0.15, -0.1) is 0 Å². The fourth-order valence-electron chi connectivity index (χ4n) is 7.53. The smallest absolute Gasteiger partial charge is 0.261 e. The number of rotatable bonds is 0. The average molecular weight is 569 g/mol. The zero-order chi connectivity index (χ0) is 26.4. The summed E-state index contributed by atoms with van der Waals surface area (Å²) in [6.07, 6.45) is 8.11. The van der Waals surface area contributed by atoms with Crippen LogP contribution < -0.4 is 14.4 Å². The summed E-state index contributed by atoms with van der Waals surface area (Å²) in [5.41, 5.74) is 4.30. The minimum Gasteiger partial charge on any atom is -0.490 e. The number of hydrogen-bond donors (Lipinski definition) is 1. The minimum absolute atomic E-state index is 0.0703. The summed E-state index contributed by atoms with van der Waals surface area (Å²) in [4.78, 5) is 15.6. The molecule has 2 aromatic rings. The molecule has 1 saturated heterocycles. The van der Waals surface area contributed by atoms with Gasteiger partial charge in [0.15, 0.2) is 0 Å². The largest absolute Gasteiger partial charge is 0.490 e. The van der Waals surface area contributed by atoms with E-state index < -0.39 is 0 Å². The van der Waals surface area contributed by atoms with Crippen LogP contribution in [0.15, 0.2) is 36.4 Å². The molecule has 1 spiro atoms. The average Bonchev–Trinajstić information content (AvgIpc) is 3.07. The molecule has 1 amide bonds. The molecular weight excluding hydrogens is 532 g/mol. The normalized spacial score (nSPS) is 32.6. The molecule has 1 saturated carbocycles. The number of carbonyl (C=O) groups excluding carboxylic acids is 1. The Balaban J connectivity index is 1.26. The van der Waals surface area contributed by atoms with Crippen LogP contribution in [0.1, 0.15) is 60.0 Å². The summed E-state index contributed by atoms with van der Waals surface area (Å²) in [5, 5.41) is 0.800. The van der Waals surface area contributed by atoms with Crippen LogP contribution in [0.2, 0.25) is 5.02 Å². The lowest BCUT2D eigenvalue weighted by atomic mass is 9.67. The van der Waals surface area contributed by atoms with Crippen molar-refractivity contribution in [2.75, 3.05) is 43.6 Å². The number of halogens is 1. The summed E-state index contributed by atoms with van der Waals surface area (Å²) < 4.78 is 22.2. The number of anilines is 1. The molecule has 2 aliphatic carbocycles. The van der Waals surface area contributed by atoms with E-state index in [1.165, 1.54) is 35.9 Å². The van der Waals surface area contributed by atoms with Crippen LogP contribution in [0.25, 0.3) is 0 Å². The highest BCUT2D eigenvalue weighted by molar-refractivity contribution is 7.97. The number of nitrogens with one attached hydrogen (secondary N) is 1. The zero-order valence-corrected chi connectivity index (χ0v) is 23.9. The van der Waals surface area contributed by atoms with Gasteiger partial charge >= 0.3 is 0 Å². The summed E-state index contributed by atoms with van der Waals surface area (Å²) >= 11 is 7.84. The molecule has 5 aliphatic rings. The molecule has 0 unspecified atom stereocenters. The Bertz CT molecular complexity index is 1240. The molecular formula is C31H37ClN2O4S. The second-order valence-electron chi connectivity index (χ2n) is 12.0. The summed E-state index contributed by atoms with van der Waals surface area (Å²) in [7, 11) is 0. The number of hydrogen-bond acceptors (Lipinski definition) is 6. The van der Waals surface area contributed by atoms with Crippen LogP contribution in [-0.4, -0.2) is 56.8 Å². The first-order chi connectivity index (χ1) is 19.1. The van der Waals surface area contributed by atoms with Crippen molar-refractivity contribution >= 4 is 35.1 Å². The van der Waals surface area contributed by atoms with Crippen LogP contribution in [0, 0.1) is 11.8 Å². The topological polar surface area (TPSA) is 60.0 Å². The van der Waals surface area contributed by atoms with Gasteiger partial charge in [0.1, 0.15) is 5.75 Å². The summed E-state index contributed by atoms with van der Waals surface area (Å²) in [6, 6.07) is 12.3. The van der Waals surface area contributed by atoms with Crippen LogP contribution in [-0.2, 0) is 21.3 Å². The summed E-state index contributed by atoms with van der Waals surface area (Å²) in [6.45, 7) is 3.85. The van der Waals surface area contributed by atoms with Crippen LogP contribution in [0.5, 0.6) is 5.75 Å². The molecule has 5 atom stereocenters. The third-order valence-corrected chi connectivity index (χ3v) is 10.6. The number of ether oxygens (including phenoxy) is 3. The van der Waals surface area contributed by atoms with Crippen molar-refractivity contribution < 1.29 is 19.0 Å². The molecule has 2 fully saturated rings. The highest BCUT2D eigenvalue weighted by atomic mass is 35.5. The van der Waals surface area contributed by atoms with E-state index in [2.05, 4.69) is 21.8 Å². The highest BCUT2D eigenvalue weighted by Crippen LogP contribution is 2.47. The van der Waals surface area contributed by atoms with Crippen molar-refractivity contribution in [3.8, 4) is 5.75 Å². The van der Waals surface area contributed by atoms with Crippen LogP contribution in [0.3, 0.4) is 0 Å². The van der Waals surface area contributed by atoms with Crippen molar-refractivity contribution in [3.05, 3.63) is 58.1 Å². The lowest BCUT2D eigenvalue weighted by molar-refractivity contribution is -0.115. The number of nitrogens with zero attached hydrogens (tertiary/aromatic N) is 1. The van der Waals surface area contributed by atoms with Gasteiger partial charge in [-0.25, -0.2) is 0 Å². The number of carbonyl (C=O) groups is 1. The molecule has 2 aromatic carbocycles. The number of aryl methyl sites for hydroxylation is 1. The second kappa shape index (κ2) is 10.8. The maximum absolute atomic E-state index is 13.1. The molecule has 7 rings (SSSR count). The zero-order valence-electron chi connectivity index (χ0n) is 22.3. The SMILES string of the molecule is O=C1NSCCO[C@H]2CCO[C@@H](C2)[C@@H]2CC[C@H]2CN2C[C@@]3(CCCc4cc(Cl)ccc43)COc3ccc1cc32. The first-order valence-corrected chi connectivity index (χ1v) is 15.9. The van der Waals surface area contributed by atoms with Crippen molar-refractivity contribution in [1.29, 1.82) is 0 Å². The Morgan fingerprint density at radius 3 is 2.92 bits per heavy atom. The monoisotopic (exact) mass is 568 g/mol. The molecule has 208 valence electrons. The van der Waals surface area contributed by atoms with Gasteiger partial charge in [-0.3, -0.25) is 9.52 Å². The van der Waals surface area contributed by atoms with Crippen molar-refractivity contribution in [2.24, 2.45) is 11.8 Å². The van der Waals surface area contributed by atoms with E-state index >= 15 is 0 Å². The van der Waals surface area contributed by atoms with Gasteiger partial charge < -0.3 is 19.1 Å². The predicted octanol–water partition coefficient (Wildman–Crippen LogP) is 5.80. The molecule has 3 heterocycles. The van der Waals surface area contributed by atoms with Gasteiger partial charge in [0, 0.05) is 47.9 Å². The van der Waals surface area contributed by atoms with E-state index in [0.717, 1.165) is 74.0 Å². The third kappa shape index (κ3) is 5.05. The predicted molar refractivity (Wildman–Crippen MR) is 155 cm³/mol. The first-order valence-electron chi connectivity index (χ1n) is 14.5. The van der Waals surface area contributed by atoms with Crippen molar-refractivity contribution in [2.45, 2.75) is 62.6 Å². The molecule has 8 heteroatoms. The van der Waals surface area contributed by atoms with Gasteiger partial charge in [0.2, 0.25) is 0 Å². The second-order valence-corrected chi connectivity index (χ2v) is 13.3. The molecule has 0 radical (unpaired) electrons. The van der Waals surface area contributed by atoms with Gasteiger partial charge in [0.25, 0.3) is 5.91 Å². The highest BCUT2D eigenvalue weighted by Gasteiger charge is 2.45. The van der Waals surface area contributed by atoms with Crippen molar-refractivity contribution in [3.63, 3.8) is 0 Å². The molecule has 6 nitrogen and oxygen atoms in total. The van der Waals surface area contributed by atoms with Crippen LogP contribution >= 0.6 is 23.5 Å². The Morgan fingerprint density at radius 2 is 2.03 bits per heavy atom. The van der Waals surface area contributed by atoms with Gasteiger partial charge in [0.05, 0.1) is 31.1 Å². The summed E-state index contributed by atoms with van der Waals surface area (Å²) in [5.74, 6) is 2.62. The lowest BCUT2D eigenvalue weighted by Gasteiger charge is -2.47. The quantitative estimate of drug-likeness (QED) is 0.406. The molecule has 4 bridgehead atoms. The van der Waals surface area contributed by atoms with E-state index in [1.807, 2.05) is 24.3 Å². The number of fused-ring (bicyclic) bond motifs is 7. The van der Waals surface area contributed by atoms with Gasteiger partial charge in [-0.2, -0.15) is 0 Å². The Morgan fingerprint density at radius 1 is 1.08 bits per heavy atom. The Labute approximate surface area is 240 Å². The van der Waals surface area contributed by atoms with Gasteiger partial charge in [-0.05, 0) is 104 Å². The fourth-order valence-corrected chi connectivity index (χ4v) is 8.25. The van der Waals surface area contributed by atoms with E-state index in [4.69, 9.17) is 25.8 Å². The third-order valence-electron chi connectivity index (χ3n) is 9.68. The standard InChI is InChI=1S/C31H37ClN2O4S/c32-23-5-7-26-20(14-23)2-1-10-31(26)18-34-17-22-3-6-25(22)29-16-24(9-11-37-29)36-12-13-39-33-30(35)21-4-8-28(38-19-31)27(34)15-21/h4-5,7-8,14-15,22,24-25,29H,1-3,6,9-13,16-19H2,(H,33,35)/t22-,24-,25+,29-,31-/m0/s1. The van der Waals surface area contributed by atoms with Gasteiger partial charge in [-0.1, -0.05) is 17.7 Å². The first kappa shape index (κ1) is 26.0. The Kier molecular flexibility index (Phi) is 7.20. The lowest BCUT2D eigenvalue weighted by Crippen LogP contribution is -2.50. The molecule has 3 aliphatic heterocycles. The van der Waals surface area contributed by atoms with E-state index in [1.54, 1.807) is 0 Å².